The normalized spacial score (nSPS) is 13.3. The fourth-order valence-electron chi connectivity index (χ4n) is 4.77. The summed E-state index contributed by atoms with van der Waals surface area (Å²) in [5, 5.41) is 0. The molecule has 0 aliphatic carbocycles. The summed E-state index contributed by atoms with van der Waals surface area (Å²) >= 11 is 0. The van der Waals surface area contributed by atoms with Crippen LogP contribution in [0.4, 0.5) is 0 Å². The van der Waals surface area contributed by atoms with Crippen LogP contribution in [-0.4, -0.2) is 37.9 Å². The van der Waals surface area contributed by atoms with Gasteiger partial charge in [-0.05, 0) is 77.0 Å². The van der Waals surface area contributed by atoms with Crippen LogP contribution in [0.5, 0.6) is 0 Å². The molecule has 0 fully saturated rings. The molecule has 0 aliphatic rings. The van der Waals surface area contributed by atoms with E-state index in [1.54, 1.807) is 0 Å². The number of hydrogen-bond donors (Lipinski definition) is 0. The third-order valence-corrected chi connectivity index (χ3v) is 7.65. The highest BCUT2D eigenvalue weighted by atomic mass is 16.6. The highest BCUT2D eigenvalue weighted by Gasteiger charge is 2.17. The van der Waals surface area contributed by atoms with Gasteiger partial charge in [-0.25, -0.2) is 0 Å². The predicted molar refractivity (Wildman–Crippen MR) is 214 cm³/mol. The van der Waals surface area contributed by atoms with Crippen molar-refractivity contribution in [3.63, 3.8) is 0 Å². The molecular weight excluding hydrogens is 620 g/mol. The number of esters is 2. The summed E-state index contributed by atoms with van der Waals surface area (Å²) in [5.41, 5.74) is 0. The lowest BCUT2D eigenvalue weighted by molar-refractivity contribution is -0.162. The second-order valence-corrected chi connectivity index (χ2v) is 12.4. The molecule has 0 aliphatic heterocycles. The third kappa shape index (κ3) is 37.6. The Kier molecular flexibility index (Phi) is 37.7. The number of rotatable bonds is 34. The van der Waals surface area contributed by atoms with Gasteiger partial charge < -0.3 is 14.2 Å². The maximum atomic E-state index is 12.6. The number of unbranched alkanes of at least 4 members (excludes halogenated alkanes) is 8. The van der Waals surface area contributed by atoms with Crippen molar-refractivity contribution in [3.05, 3.63) is 97.2 Å². The van der Waals surface area contributed by atoms with Crippen LogP contribution in [0.2, 0.25) is 0 Å². The summed E-state index contributed by atoms with van der Waals surface area (Å²) in [6, 6.07) is 0. The molecule has 282 valence electrons. The molecular formula is C45H72O5. The molecule has 5 nitrogen and oxygen atoms in total. The Morgan fingerprint density at radius 2 is 0.960 bits per heavy atom. The van der Waals surface area contributed by atoms with E-state index in [1.165, 1.54) is 25.7 Å². The monoisotopic (exact) mass is 693 g/mol. The van der Waals surface area contributed by atoms with E-state index in [2.05, 4.69) is 106 Å². The molecule has 1 unspecified atom stereocenters. The molecule has 1 atom stereocenters. The summed E-state index contributed by atoms with van der Waals surface area (Å²) in [4.78, 5) is 25.0. The van der Waals surface area contributed by atoms with Crippen molar-refractivity contribution < 1.29 is 23.8 Å². The Morgan fingerprint density at radius 3 is 1.52 bits per heavy atom. The minimum atomic E-state index is -0.589. The summed E-state index contributed by atoms with van der Waals surface area (Å²) in [6.07, 6.45) is 52.9. The van der Waals surface area contributed by atoms with Gasteiger partial charge in [0.1, 0.15) is 6.61 Å². The van der Waals surface area contributed by atoms with Gasteiger partial charge in [0.25, 0.3) is 0 Å². The van der Waals surface area contributed by atoms with E-state index in [9.17, 15) is 9.59 Å². The molecule has 0 aromatic carbocycles. The van der Waals surface area contributed by atoms with Crippen LogP contribution in [0.1, 0.15) is 149 Å². The zero-order valence-electron chi connectivity index (χ0n) is 32.1. The van der Waals surface area contributed by atoms with Crippen LogP contribution in [0.25, 0.3) is 0 Å². The first-order valence-corrected chi connectivity index (χ1v) is 19.8. The minimum absolute atomic E-state index is 0.0138. The standard InChI is InChI=1S/C45H72O5/c1-4-7-10-13-16-18-20-22-23-25-26-28-30-32-35-38-44(46)49-42-43(41-48-40-37-34-15-12-9-6-3)50-45(47)39-36-33-31-29-27-24-21-19-17-14-11-8-5-2/h7-8,10-11,16-19,22-24,26-28,32,35,43H,4-6,9,12-15,20-21,25,29-31,33-34,36-42H2,1-3H3/b10-7-,11-8-,18-16-,19-17-,23-22-,27-24-,28-26-,35-32-. The molecule has 50 heavy (non-hydrogen) atoms. The molecule has 0 saturated carbocycles. The zero-order chi connectivity index (χ0) is 36.4. The van der Waals surface area contributed by atoms with Gasteiger partial charge in [0.05, 0.1) is 13.0 Å². The summed E-state index contributed by atoms with van der Waals surface area (Å²) in [6.45, 7) is 7.38. The van der Waals surface area contributed by atoms with Crippen molar-refractivity contribution in [2.75, 3.05) is 19.8 Å². The van der Waals surface area contributed by atoms with Crippen molar-refractivity contribution >= 4 is 11.9 Å². The fourth-order valence-corrected chi connectivity index (χ4v) is 4.77. The van der Waals surface area contributed by atoms with E-state index in [-0.39, 0.29) is 31.6 Å². The van der Waals surface area contributed by atoms with Gasteiger partial charge >= 0.3 is 11.9 Å². The van der Waals surface area contributed by atoms with E-state index in [0.29, 0.717) is 13.0 Å². The van der Waals surface area contributed by atoms with Crippen LogP contribution < -0.4 is 0 Å². The van der Waals surface area contributed by atoms with Crippen LogP contribution >= 0.6 is 0 Å². The maximum absolute atomic E-state index is 12.6. The molecule has 0 heterocycles. The Labute approximate surface area is 307 Å². The smallest absolute Gasteiger partial charge is 0.309 e. The van der Waals surface area contributed by atoms with E-state index in [1.807, 2.05) is 12.2 Å². The van der Waals surface area contributed by atoms with Gasteiger partial charge in [-0.2, -0.15) is 0 Å². The summed E-state index contributed by atoms with van der Waals surface area (Å²) in [5.74, 6) is -0.593. The average molecular weight is 693 g/mol. The van der Waals surface area contributed by atoms with Gasteiger partial charge in [-0.1, -0.05) is 157 Å². The first-order valence-electron chi connectivity index (χ1n) is 19.8. The summed E-state index contributed by atoms with van der Waals surface area (Å²) < 4.78 is 17.0. The zero-order valence-corrected chi connectivity index (χ0v) is 32.1. The number of carbonyl (C=O) groups is 2. The van der Waals surface area contributed by atoms with Crippen molar-refractivity contribution in [1.29, 1.82) is 0 Å². The fraction of sp³-hybridized carbons (Fsp3) is 0.600. The SMILES string of the molecule is CC/C=C\C/C=C\C/C=C\C/C=C\C/C=C\CC(=O)OCC(COCCCCCCCC)OC(=O)CCCCC/C=C\C/C=C\C/C=C\CC. The van der Waals surface area contributed by atoms with Crippen molar-refractivity contribution in [2.24, 2.45) is 0 Å². The first kappa shape index (κ1) is 46.8. The van der Waals surface area contributed by atoms with Crippen molar-refractivity contribution in [1.82, 2.24) is 0 Å². The molecule has 0 rings (SSSR count). The van der Waals surface area contributed by atoms with E-state index < -0.39 is 6.10 Å². The van der Waals surface area contributed by atoms with Gasteiger partial charge in [-0.15, -0.1) is 0 Å². The number of carbonyl (C=O) groups excluding carboxylic acids is 2. The Balaban J connectivity index is 4.38. The highest BCUT2D eigenvalue weighted by Crippen LogP contribution is 2.09. The Bertz CT molecular complexity index is 1010. The number of allylic oxidation sites excluding steroid dienone is 15. The lowest BCUT2D eigenvalue weighted by Gasteiger charge is -2.18. The van der Waals surface area contributed by atoms with Crippen LogP contribution in [0.15, 0.2) is 97.2 Å². The molecule has 5 heteroatoms. The highest BCUT2D eigenvalue weighted by molar-refractivity contribution is 5.71. The Hall–Kier alpha value is -3.18. The molecule has 0 aromatic rings. The quantitative estimate of drug-likeness (QED) is 0.0382. The molecule has 0 N–H and O–H groups in total. The largest absolute Gasteiger partial charge is 0.461 e. The maximum Gasteiger partial charge on any atom is 0.309 e. The summed E-state index contributed by atoms with van der Waals surface area (Å²) in [7, 11) is 0. The molecule has 0 radical (unpaired) electrons. The topological polar surface area (TPSA) is 61.8 Å². The molecule has 0 aromatic heterocycles. The van der Waals surface area contributed by atoms with Crippen LogP contribution in [0.3, 0.4) is 0 Å². The predicted octanol–water partition coefficient (Wildman–Crippen LogP) is 12.8. The van der Waals surface area contributed by atoms with E-state index in [4.69, 9.17) is 14.2 Å². The second kappa shape index (κ2) is 40.3. The van der Waals surface area contributed by atoms with Crippen LogP contribution in [0, 0.1) is 0 Å². The second-order valence-electron chi connectivity index (χ2n) is 12.4. The molecule has 0 bridgehead atoms. The average Bonchev–Trinajstić information content (AvgIpc) is 3.11. The van der Waals surface area contributed by atoms with E-state index in [0.717, 1.165) is 89.9 Å². The molecule has 0 spiro atoms. The lowest BCUT2D eigenvalue weighted by atomic mass is 10.1. The molecule has 0 amide bonds. The molecule has 0 saturated heterocycles. The van der Waals surface area contributed by atoms with Gasteiger partial charge in [-0.3, -0.25) is 9.59 Å². The lowest BCUT2D eigenvalue weighted by Crippen LogP contribution is -2.30. The first-order chi connectivity index (χ1) is 24.6. The van der Waals surface area contributed by atoms with Crippen LogP contribution in [-0.2, 0) is 23.8 Å². The number of ether oxygens (including phenoxy) is 3. The Morgan fingerprint density at radius 1 is 0.480 bits per heavy atom. The minimum Gasteiger partial charge on any atom is -0.461 e. The van der Waals surface area contributed by atoms with Crippen molar-refractivity contribution in [3.8, 4) is 0 Å². The van der Waals surface area contributed by atoms with E-state index >= 15 is 0 Å². The number of hydrogen-bond acceptors (Lipinski definition) is 5. The third-order valence-electron chi connectivity index (χ3n) is 7.65. The van der Waals surface area contributed by atoms with Gasteiger partial charge in [0, 0.05) is 13.0 Å². The van der Waals surface area contributed by atoms with Crippen molar-refractivity contribution in [2.45, 2.75) is 155 Å². The van der Waals surface area contributed by atoms with Gasteiger partial charge in [0.2, 0.25) is 0 Å². The van der Waals surface area contributed by atoms with Gasteiger partial charge in [0.15, 0.2) is 6.10 Å².